The van der Waals surface area contributed by atoms with E-state index in [1.54, 1.807) is 33.2 Å². The normalized spacial score (nSPS) is 12.6. The van der Waals surface area contributed by atoms with Crippen LogP contribution in [0.1, 0.15) is 37.4 Å². The van der Waals surface area contributed by atoms with Crippen LogP contribution in [0.5, 0.6) is 0 Å². The Balaban J connectivity index is 1.79. The number of nitrogens with one attached hydrogen (secondary N) is 2. The van der Waals surface area contributed by atoms with Gasteiger partial charge in [-0.25, -0.2) is 8.78 Å². The van der Waals surface area contributed by atoms with Crippen LogP contribution < -0.4 is 10.6 Å². The van der Waals surface area contributed by atoms with Gasteiger partial charge < -0.3 is 20.6 Å². The number of aliphatic hydroxyl groups excluding tert-OH is 1. The molecule has 0 aliphatic heterocycles. The van der Waals surface area contributed by atoms with Gasteiger partial charge in [-0.05, 0) is 95.1 Å². The Hall–Kier alpha value is -2.89. The van der Waals surface area contributed by atoms with E-state index in [4.69, 9.17) is 0 Å². The largest absolute Gasteiger partial charge is 0.390 e. The first-order valence-corrected chi connectivity index (χ1v) is 12.8. The summed E-state index contributed by atoms with van der Waals surface area (Å²) in [7, 11) is 3.25. The van der Waals surface area contributed by atoms with Crippen molar-refractivity contribution in [1.29, 1.82) is 0 Å². The highest BCUT2D eigenvalue weighted by Gasteiger charge is 2.24. The van der Waals surface area contributed by atoms with E-state index in [0.717, 1.165) is 20.8 Å². The highest BCUT2D eigenvalue weighted by Crippen LogP contribution is 2.15. The Morgan fingerprint density at radius 2 is 1.65 bits per heavy atom. The number of aliphatic hydroxyl groups is 1. The van der Waals surface area contributed by atoms with Crippen LogP contribution in [0, 0.1) is 22.1 Å². The van der Waals surface area contributed by atoms with E-state index in [9.17, 15) is 23.5 Å². The number of halogens is 3. The molecule has 0 aliphatic rings. The van der Waals surface area contributed by atoms with Crippen molar-refractivity contribution < 1.29 is 23.5 Å². The summed E-state index contributed by atoms with van der Waals surface area (Å²) in [6, 6.07) is 15.0. The summed E-state index contributed by atoms with van der Waals surface area (Å²) in [6.07, 6.45) is -1.06. The molecule has 0 heterocycles. The molecule has 0 unspecified atom stereocenters. The fourth-order valence-corrected chi connectivity index (χ4v) is 4.57. The first-order chi connectivity index (χ1) is 17.5. The van der Waals surface area contributed by atoms with E-state index in [1.165, 1.54) is 23.1 Å². The Kier molecular flexibility index (Phi) is 10.1. The zero-order valence-corrected chi connectivity index (χ0v) is 23.1. The minimum Gasteiger partial charge on any atom is -0.390 e. The van der Waals surface area contributed by atoms with Gasteiger partial charge >= 0.3 is 0 Å². The first kappa shape index (κ1) is 28.7. The minimum atomic E-state index is -1.06. The van der Waals surface area contributed by atoms with Crippen molar-refractivity contribution in [2.24, 2.45) is 0 Å². The highest BCUT2D eigenvalue weighted by atomic mass is 127. The van der Waals surface area contributed by atoms with E-state index < -0.39 is 29.7 Å². The third-order valence-corrected chi connectivity index (χ3v) is 6.39. The zero-order chi connectivity index (χ0) is 27.1. The first-order valence-electron chi connectivity index (χ1n) is 11.7. The Morgan fingerprint density at radius 3 is 2.30 bits per heavy atom. The van der Waals surface area contributed by atoms with Gasteiger partial charge in [0.1, 0.15) is 11.6 Å². The van der Waals surface area contributed by atoms with Gasteiger partial charge in [0, 0.05) is 47.9 Å². The molecular formula is C28H30F2IN3O3. The number of benzene rings is 3. The molecular weight excluding hydrogens is 591 g/mol. The number of hydrogen-bond acceptors (Lipinski definition) is 4. The lowest BCUT2D eigenvalue weighted by atomic mass is 9.99. The van der Waals surface area contributed by atoms with E-state index in [1.807, 2.05) is 24.3 Å². The summed E-state index contributed by atoms with van der Waals surface area (Å²) in [4.78, 5) is 27.1. The summed E-state index contributed by atoms with van der Waals surface area (Å²) in [5.41, 5.74) is 2.66. The van der Waals surface area contributed by atoms with E-state index in [0.29, 0.717) is 17.7 Å². The maximum atomic E-state index is 13.8. The summed E-state index contributed by atoms with van der Waals surface area (Å²) in [5, 5.41) is 17.0. The number of hydrogen-bond donors (Lipinski definition) is 3. The summed E-state index contributed by atoms with van der Waals surface area (Å²) < 4.78 is 28.7. The quantitative estimate of drug-likeness (QED) is 0.299. The molecule has 0 aromatic heterocycles. The SMILES string of the molecule is Cc1cc(C(=O)N[C@@H](Cc2cc(F)cc(F)c2)[C@H](O)CNCc2cccc(I)c2)cc(C(=O)N(C)C)c1. The smallest absolute Gasteiger partial charge is 0.253 e. The molecule has 9 heteroatoms. The van der Waals surface area contributed by atoms with Crippen molar-refractivity contribution in [1.82, 2.24) is 15.5 Å². The summed E-state index contributed by atoms with van der Waals surface area (Å²) in [5.74, 6) is -2.23. The molecule has 0 radical (unpaired) electrons. The Morgan fingerprint density at radius 1 is 0.973 bits per heavy atom. The van der Waals surface area contributed by atoms with E-state index >= 15 is 0 Å². The van der Waals surface area contributed by atoms with Crippen molar-refractivity contribution in [3.8, 4) is 0 Å². The van der Waals surface area contributed by atoms with Gasteiger partial charge in [0.2, 0.25) is 0 Å². The number of nitrogens with zero attached hydrogens (tertiary/aromatic N) is 1. The summed E-state index contributed by atoms with van der Waals surface area (Å²) in [6.45, 7) is 2.41. The number of amides is 2. The number of carbonyl (C=O) groups excluding carboxylic acids is 2. The van der Waals surface area contributed by atoms with E-state index in [2.05, 4.69) is 33.2 Å². The number of rotatable bonds is 10. The number of aryl methyl sites for hydroxylation is 1. The maximum Gasteiger partial charge on any atom is 0.253 e. The molecule has 0 spiro atoms. The van der Waals surface area contributed by atoms with Gasteiger partial charge in [-0.2, -0.15) is 0 Å². The highest BCUT2D eigenvalue weighted by molar-refractivity contribution is 14.1. The molecule has 3 rings (SSSR count). The van der Waals surface area contributed by atoms with Crippen molar-refractivity contribution in [3.05, 3.63) is 104 Å². The van der Waals surface area contributed by atoms with Crippen LogP contribution in [0.4, 0.5) is 8.78 Å². The number of carbonyl (C=O) groups is 2. The maximum absolute atomic E-state index is 13.8. The van der Waals surface area contributed by atoms with Gasteiger partial charge in [-0.3, -0.25) is 9.59 Å². The molecule has 3 aromatic carbocycles. The van der Waals surface area contributed by atoms with Crippen molar-refractivity contribution in [3.63, 3.8) is 0 Å². The predicted molar refractivity (Wildman–Crippen MR) is 147 cm³/mol. The average molecular weight is 621 g/mol. The second kappa shape index (κ2) is 13.1. The second-order valence-electron chi connectivity index (χ2n) is 9.18. The molecule has 2 amide bonds. The Labute approximate surface area is 229 Å². The lowest BCUT2D eigenvalue weighted by Crippen LogP contribution is -2.48. The van der Waals surface area contributed by atoms with Crippen LogP contribution in [0.25, 0.3) is 0 Å². The predicted octanol–water partition coefficient (Wildman–Crippen LogP) is 4.07. The van der Waals surface area contributed by atoms with Gasteiger partial charge in [0.15, 0.2) is 0 Å². The minimum absolute atomic E-state index is 0.00179. The molecule has 0 saturated carbocycles. The topological polar surface area (TPSA) is 81.7 Å². The molecule has 196 valence electrons. The molecule has 0 saturated heterocycles. The van der Waals surface area contributed by atoms with Gasteiger partial charge in [0.05, 0.1) is 12.1 Å². The fourth-order valence-electron chi connectivity index (χ4n) is 3.97. The molecule has 0 aliphatic carbocycles. The summed E-state index contributed by atoms with van der Waals surface area (Å²) >= 11 is 2.22. The van der Waals surface area contributed by atoms with Crippen LogP contribution in [0.3, 0.4) is 0 Å². The van der Waals surface area contributed by atoms with Crippen molar-refractivity contribution in [2.75, 3.05) is 20.6 Å². The monoisotopic (exact) mass is 621 g/mol. The molecule has 0 fully saturated rings. The zero-order valence-electron chi connectivity index (χ0n) is 20.9. The van der Waals surface area contributed by atoms with Crippen LogP contribution in [-0.4, -0.2) is 54.6 Å². The van der Waals surface area contributed by atoms with Crippen LogP contribution in [0.15, 0.2) is 60.7 Å². The van der Waals surface area contributed by atoms with Gasteiger partial charge in [-0.1, -0.05) is 12.1 Å². The standard InChI is InChI=1S/C28H30F2IN3O3/c1-17-7-20(13-21(8-17)28(37)34(2)3)27(36)33-25(12-19-9-22(29)14-23(30)10-19)26(35)16-32-15-18-5-4-6-24(31)11-18/h4-11,13-14,25-26,32,35H,12,15-16H2,1-3H3,(H,33,36)/t25-,26+/m0/s1. The lowest BCUT2D eigenvalue weighted by molar-refractivity contribution is 0.0826. The van der Waals surface area contributed by atoms with Crippen molar-refractivity contribution in [2.45, 2.75) is 32.0 Å². The molecule has 37 heavy (non-hydrogen) atoms. The Bertz CT molecular complexity index is 1250. The van der Waals surface area contributed by atoms with Gasteiger partial charge in [-0.15, -0.1) is 0 Å². The third kappa shape index (κ3) is 8.58. The third-order valence-electron chi connectivity index (χ3n) is 5.72. The second-order valence-corrected chi connectivity index (χ2v) is 10.4. The molecule has 3 N–H and O–H groups in total. The van der Waals surface area contributed by atoms with Crippen LogP contribution >= 0.6 is 22.6 Å². The van der Waals surface area contributed by atoms with Crippen LogP contribution in [-0.2, 0) is 13.0 Å². The molecule has 6 nitrogen and oxygen atoms in total. The van der Waals surface area contributed by atoms with E-state index in [-0.39, 0.29) is 24.4 Å². The lowest BCUT2D eigenvalue weighted by Gasteiger charge is -2.25. The molecule has 0 bridgehead atoms. The van der Waals surface area contributed by atoms with Gasteiger partial charge in [0.25, 0.3) is 11.8 Å². The van der Waals surface area contributed by atoms with Crippen molar-refractivity contribution >= 4 is 34.4 Å². The van der Waals surface area contributed by atoms with Crippen LogP contribution in [0.2, 0.25) is 0 Å². The average Bonchev–Trinajstić information content (AvgIpc) is 2.82. The molecule has 3 aromatic rings. The fraction of sp³-hybridized carbons (Fsp3) is 0.286. The molecule has 2 atom stereocenters.